The predicted octanol–water partition coefficient (Wildman–Crippen LogP) is 4.49. The molecule has 3 aromatic rings. The van der Waals surface area contributed by atoms with E-state index in [1.165, 1.54) is 0 Å². The van der Waals surface area contributed by atoms with Crippen molar-refractivity contribution in [1.29, 1.82) is 0 Å². The molecular formula is C19H17BrN2O3S. The molecule has 0 N–H and O–H groups in total. The van der Waals surface area contributed by atoms with E-state index in [-0.39, 0.29) is 11.6 Å². The Hall–Kier alpha value is -1.99. The van der Waals surface area contributed by atoms with Gasteiger partial charge in [-0.05, 0) is 58.5 Å². The lowest BCUT2D eigenvalue weighted by atomic mass is 9.91. The lowest BCUT2D eigenvalue weighted by Crippen LogP contribution is -2.20. The fraction of sp³-hybridized carbons (Fsp3) is 0.263. The van der Waals surface area contributed by atoms with Crippen molar-refractivity contribution >= 4 is 25.8 Å². The molecule has 1 aliphatic carbocycles. The van der Waals surface area contributed by atoms with Crippen molar-refractivity contribution < 1.29 is 12.8 Å². The summed E-state index contributed by atoms with van der Waals surface area (Å²) in [6.45, 7) is 0. The molecule has 5 nitrogen and oxygen atoms in total. The van der Waals surface area contributed by atoms with Crippen LogP contribution in [0.15, 0.2) is 57.4 Å². The first kappa shape index (κ1) is 17.4. The van der Waals surface area contributed by atoms with Crippen LogP contribution in [0, 0.1) is 0 Å². The molecule has 0 aliphatic heterocycles. The van der Waals surface area contributed by atoms with Gasteiger partial charge < -0.3 is 4.42 Å². The van der Waals surface area contributed by atoms with Crippen LogP contribution < -0.4 is 0 Å². The highest BCUT2D eigenvalue weighted by Gasteiger charge is 2.33. The van der Waals surface area contributed by atoms with Gasteiger partial charge >= 0.3 is 0 Å². The minimum absolute atomic E-state index is 0.124. The van der Waals surface area contributed by atoms with Gasteiger partial charge in [-0.1, -0.05) is 36.4 Å². The zero-order valence-corrected chi connectivity index (χ0v) is 16.3. The Morgan fingerprint density at radius 2 is 1.85 bits per heavy atom. The smallest absolute Gasteiger partial charge is 0.248 e. The molecule has 0 bridgehead atoms. The quantitative estimate of drug-likeness (QED) is 0.606. The Labute approximate surface area is 160 Å². The van der Waals surface area contributed by atoms with Gasteiger partial charge in [0.25, 0.3) is 0 Å². The molecule has 2 aromatic carbocycles. The Morgan fingerprint density at radius 3 is 2.69 bits per heavy atom. The van der Waals surface area contributed by atoms with E-state index in [1.807, 2.05) is 48.5 Å². The van der Waals surface area contributed by atoms with Crippen molar-refractivity contribution in [3.05, 3.63) is 70.0 Å². The Kier molecular flexibility index (Phi) is 4.67. The predicted molar refractivity (Wildman–Crippen MR) is 102 cm³/mol. The summed E-state index contributed by atoms with van der Waals surface area (Å²) < 4.78 is 32.4. The van der Waals surface area contributed by atoms with Crippen LogP contribution in [0.25, 0.3) is 11.5 Å². The van der Waals surface area contributed by atoms with Crippen molar-refractivity contribution in [1.82, 2.24) is 10.2 Å². The van der Waals surface area contributed by atoms with Crippen LogP contribution in [0.1, 0.15) is 35.1 Å². The van der Waals surface area contributed by atoms with Crippen molar-refractivity contribution in [3.63, 3.8) is 0 Å². The minimum atomic E-state index is -3.44. The molecule has 26 heavy (non-hydrogen) atoms. The lowest BCUT2D eigenvalue weighted by Gasteiger charge is -2.24. The molecule has 0 spiro atoms. The van der Waals surface area contributed by atoms with Crippen LogP contribution in [0.3, 0.4) is 0 Å². The molecule has 7 heteroatoms. The largest absolute Gasteiger partial charge is 0.420 e. The van der Waals surface area contributed by atoms with Crippen LogP contribution >= 0.6 is 15.9 Å². The highest BCUT2D eigenvalue weighted by molar-refractivity contribution is 9.10. The Balaban J connectivity index is 1.61. The molecule has 1 atom stereocenters. The summed E-state index contributed by atoms with van der Waals surface area (Å²) in [4.78, 5) is 0. The second kappa shape index (κ2) is 6.96. The first-order valence-corrected chi connectivity index (χ1v) is 10.9. The van der Waals surface area contributed by atoms with E-state index in [2.05, 4.69) is 26.1 Å². The molecule has 0 amide bonds. The van der Waals surface area contributed by atoms with Crippen molar-refractivity contribution in [2.75, 3.05) is 0 Å². The summed E-state index contributed by atoms with van der Waals surface area (Å²) in [5.74, 6) is 0.189. The van der Waals surface area contributed by atoms with Crippen LogP contribution in [-0.2, 0) is 22.0 Å². The van der Waals surface area contributed by atoms with Gasteiger partial charge in [-0.15, -0.1) is 10.2 Å². The molecule has 0 saturated carbocycles. The molecule has 1 aliphatic rings. The summed E-state index contributed by atoms with van der Waals surface area (Å²) in [7, 11) is -3.44. The van der Waals surface area contributed by atoms with Crippen LogP contribution in [0.4, 0.5) is 0 Å². The number of sulfone groups is 1. The lowest BCUT2D eigenvalue weighted by molar-refractivity contribution is 0.511. The number of hydrogen-bond acceptors (Lipinski definition) is 5. The van der Waals surface area contributed by atoms with Gasteiger partial charge in [0.1, 0.15) is 5.75 Å². The number of aromatic nitrogens is 2. The Morgan fingerprint density at radius 1 is 1.08 bits per heavy atom. The van der Waals surface area contributed by atoms with Crippen molar-refractivity contribution in [2.24, 2.45) is 0 Å². The molecule has 1 unspecified atom stereocenters. The van der Waals surface area contributed by atoms with Gasteiger partial charge in [0.2, 0.25) is 11.8 Å². The molecule has 1 heterocycles. The maximum Gasteiger partial charge on any atom is 0.248 e. The van der Waals surface area contributed by atoms with Gasteiger partial charge in [0.05, 0.1) is 10.8 Å². The monoisotopic (exact) mass is 432 g/mol. The van der Waals surface area contributed by atoms with Crippen molar-refractivity contribution in [3.8, 4) is 11.5 Å². The third kappa shape index (κ3) is 3.33. The highest BCUT2D eigenvalue weighted by atomic mass is 79.9. The van der Waals surface area contributed by atoms with E-state index in [0.717, 1.165) is 34.0 Å². The standard InChI is InChI=1S/C19H17BrN2O3S/c20-16-10-4-3-9-15(16)19-22-21-18(25-19)12-26(23,24)17-11-5-7-13-6-1-2-8-14(13)17/h1-4,6,8-10,17H,5,7,11-12H2. The first-order chi connectivity index (χ1) is 12.5. The van der Waals surface area contributed by atoms with E-state index in [9.17, 15) is 8.42 Å². The van der Waals surface area contributed by atoms with Gasteiger partial charge in [0, 0.05) is 4.47 Å². The number of fused-ring (bicyclic) bond motifs is 1. The number of benzene rings is 2. The second-order valence-electron chi connectivity index (χ2n) is 6.37. The zero-order valence-electron chi connectivity index (χ0n) is 13.9. The minimum Gasteiger partial charge on any atom is -0.420 e. The fourth-order valence-corrected chi connectivity index (χ4v) is 5.67. The van der Waals surface area contributed by atoms with E-state index in [4.69, 9.17) is 4.42 Å². The van der Waals surface area contributed by atoms with Gasteiger partial charge in [0.15, 0.2) is 9.84 Å². The maximum absolute atomic E-state index is 13.0. The second-order valence-corrected chi connectivity index (χ2v) is 9.41. The number of hydrogen-bond donors (Lipinski definition) is 0. The molecule has 4 rings (SSSR count). The summed E-state index contributed by atoms with van der Waals surface area (Å²) >= 11 is 3.44. The molecule has 0 radical (unpaired) electrons. The van der Waals surface area contributed by atoms with E-state index in [0.29, 0.717) is 12.3 Å². The number of aryl methyl sites for hydroxylation is 1. The van der Waals surface area contributed by atoms with E-state index in [1.54, 1.807) is 0 Å². The average molecular weight is 433 g/mol. The van der Waals surface area contributed by atoms with Crippen molar-refractivity contribution in [2.45, 2.75) is 30.3 Å². The Bertz CT molecular complexity index is 1050. The van der Waals surface area contributed by atoms with Gasteiger partial charge in [-0.2, -0.15) is 0 Å². The van der Waals surface area contributed by atoms with Crippen LogP contribution in [0.5, 0.6) is 0 Å². The topological polar surface area (TPSA) is 73.1 Å². The highest BCUT2D eigenvalue weighted by Crippen LogP contribution is 2.37. The number of halogens is 1. The van der Waals surface area contributed by atoms with Crippen LogP contribution in [0.2, 0.25) is 0 Å². The average Bonchev–Trinajstić information content (AvgIpc) is 3.09. The third-order valence-electron chi connectivity index (χ3n) is 4.64. The summed E-state index contributed by atoms with van der Waals surface area (Å²) in [6.07, 6.45) is 2.42. The maximum atomic E-state index is 13.0. The summed E-state index contributed by atoms with van der Waals surface area (Å²) in [5.41, 5.74) is 2.77. The molecular weight excluding hydrogens is 416 g/mol. The normalized spacial score (nSPS) is 17.0. The van der Waals surface area contributed by atoms with E-state index < -0.39 is 15.1 Å². The summed E-state index contributed by atoms with van der Waals surface area (Å²) in [5, 5.41) is 7.45. The fourth-order valence-electron chi connectivity index (χ4n) is 3.41. The SMILES string of the molecule is O=S(=O)(Cc1nnc(-c2ccccc2Br)o1)C1CCCc2ccccc21. The number of rotatable bonds is 4. The van der Waals surface area contributed by atoms with Gasteiger partial charge in [-0.25, -0.2) is 8.42 Å². The molecule has 1 aromatic heterocycles. The molecule has 134 valence electrons. The van der Waals surface area contributed by atoms with Gasteiger partial charge in [-0.3, -0.25) is 0 Å². The molecule has 0 saturated heterocycles. The summed E-state index contributed by atoms with van der Waals surface area (Å²) in [6, 6.07) is 15.2. The van der Waals surface area contributed by atoms with Crippen LogP contribution in [-0.4, -0.2) is 18.6 Å². The third-order valence-corrected chi connectivity index (χ3v) is 7.34. The first-order valence-electron chi connectivity index (χ1n) is 8.41. The zero-order chi connectivity index (χ0) is 18.1. The molecule has 0 fully saturated rings. The number of nitrogens with zero attached hydrogens (tertiary/aromatic N) is 2. The van der Waals surface area contributed by atoms with E-state index >= 15 is 0 Å².